The number of amides is 2. The van der Waals surface area contributed by atoms with E-state index in [1.54, 1.807) is 42.5 Å². The van der Waals surface area contributed by atoms with Gasteiger partial charge in [0.2, 0.25) is 6.79 Å². The molecule has 8 nitrogen and oxygen atoms in total. The van der Waals surface area contributed by atoms with Crippen LogP contribution in [0.3, 0.4) is 0 Å². The molecule has 0 spiro atoms. The maximum absolute atomic E-state index is 12.7. The molecule has 1 aliphatic rings. The Morgan fingerprint density at radius 1 is 1.10 bits per heavy atom. The van der Waals surface area contributed by atoms with Gasteiger partial charge in [0.15, 0.2) is 11.5 Å². The molecule has 156 valence electrons. The average Bonchev–Trinajstić information content (AvgIpc) is 3.18. The number of carbonyl (C=O) groups is 3. The number of hydrogen-bond donors (Lipinski definition) is 3. The van der Waals surface area contributed by atoms with Crippen molar-refractivity contribution < 1.29 is 29.0 Å². The summed E-state index contributed by atoms with van der Waals surface area (Å²) in [5, 5.41) is 14.0. The number of carboxylic acids is 1. The van der Waals surface area contributed by atoms with Crippen LogP contribution in [-0.4, -0.2) is 36.2 Å². The largest absolute Gasteiger partial charge is 0.481 e. The Kier molecular flexibility index (Phi) is 7.08. The zero-order chi connectivity index (χ0) is 21.5. The van der Waals surface area contributed by atoms with Crippen molar-refractivity contribution in [2.45, 2.75) is 12.8 Å². The van der Waals surface area contributed by atoms with Crippen molar-refractivity contribution >= 4 is 39.8 Å². The van der Waals surface area contributed by atoms with Gasteiger partial charge >= 0.3 is 5.97 Å². The van der Waals surface area contributed by atoms with Crippen molar-refractivity contribution in [1.29, 1.82) is 0 Å². The summed E-state index contributed by atoms with van der Waals surface area (Å²) in [6, 6.07) is 12.0. The molecule has 2 aromatic carbocycles. The highest BCUT2D eigenvalue weighted by molar-refractivity contribution is 9.10. The van der Waals surface area contributed by atoms with Gasteiger partial charge in [0.05, 0.1) is 5.56 Å². The Morgan fingerprint density at radius 3 is 2.63 bits per heavy atom. The lowest BCUT2D eigenvalue weighted by Gasteiger charge is -2.12. The summed E-state index contributed by atoms with van der Waals surface area (Å²) in [7, 11) is 0. The third kappa shape index (κ3) is 5.60. The number of nitrogens with one attached hydrogen (secondary N) is 2. The number of hydrogen-bond acceptors (Lipinski definition) is 5. The van der Waals surface area contributed by atoms with Crippen LogP contribution in [0, 0.1) is 0 Å². The SMILES string of the molecule is O=C(O)CCCNC(=O)C(=Cc1ccc2c(c1)OCO2)NC(=O)c1ccccc1Br. The summed E-state index contributed by atoms with van der Waals surface area (Å²) in [5.74, 6) is -0.789. The monoisotopic (exact) mass is 474 g/mol. The van der Waals surface area contributed by atoms with Crippen molar-refractivity contribution in [3.8, 4) is 11.5 Å². The van der Waals surface area contributed by atoms with Gasteiger partial charge in [-0.15, -0.1) is 0 Å². The van der Waals surface area contributed by atoms with Crippen molar-refractivity contribution in [3.63, 3.8) is 0 Å². The molecule has 1 heterocycles. The fourth-order valence-corrected chi connectivity index (χ4v) is 3.16. The number of rotatable bonds is 8. The van der Waals surface area contributed by atoms with Crippen LogP contribution in [0.1, 0.15) is 28.8 Å². The van der Waals surface area contributed by atoms with Gasteiger partial charge in [-0.3, -0.25) is 14.4 Å². The number of halogens is 1. The first kappa shape index (κ1) is 21.4. The highest BCUT2D eigenvalue weighted by Gasteiger charge is 2.18. The molecule has 0 saturated carbocycles. The molecule has 3 rings (SSSR count). The maximum atomic E-state index is 12.7. The van der Waals surface area contributed by atoms with E-state index in [-0.39, 0.29) is 31.9 Å². The summed E-state index contributed by atoms with van der Waals surface area (Å²) < 4.78 is 11.2. The summed E-state index contributed by atoms with van der Waals surface area (Å²) in [6.45, 7) is 0.284. The molecule has 0 bridgehead atoms. The fraction of sp³-hybridized carbons (Fsp3) is 0.190. The van der Waals surface area contributed by atoms with Crippen molar-refractivity contribution in [2.75, 3.05) is 13.3 Å². The molecule has 9 heteroatoms. The molecule has 0 unspecified atom stereocenters. The van der Waals surface area contributed by atoms with E-state index < -0.39 is 17.8 Å². The Labute approximate surface area is 181 Å². The molecule has 0 atom stereocenters. The predicted octanol–water partition coefficient (Wildman–Crippen LogP) is 2.93. The van der Waals surface area contributed by atoms with Gasteiger partial charge in [-0.1, -0.05) is 18.2 Å². The molecule has 0 fully saturated rings. The quantitative estimate of drug-likeness (QED) is 0.400. The predicted molar refractivity (Wildman–Crippen MR) is 112 cm³/mol. The number of fused-ring (bicyclic) bond motifs is 1. The molecule has 0 radical (unpaired) electrons. The zero-order valence-electron chi connectivity index (χ0n) is 15.8. The third-order valence-electron chi connectivity index (χ3n) is 4.17. The first-order valence-corrected chi connectivity index (χ1v) is 9.90. The minimum atomic E-state index is -0.942. The van der Waals surface area contributed by atoms with Crippen molar-refractivity contribution in [3.05, 3.63) is 63.8 Å². The van der Waals surface area contributed by atoms with E-state index in [0.717, 1.165) is 0 Å². The molecule has 0 saturated heterocycles. The van der Waals surface area contributed by atoms with Gasteiger partial charge in [-0.05, 0) is 58.3 Å². The van der Waals surface area contributed by atoms with E-state index in [2.05, 4.69) is 26.6 Å². The second-order valence-electron chi connectivity index (χ2n) is 6.36. The lowest BCUT2D eigenvalue weighted by atomic mass is 10.1. The zero-order valence-corrected chi connectivity index (χ0v) is 17.4. The molecule has 2 aromatic rings. The number of carbonyl (C=O) groups excluding carboxylic acids is 2. The van der Waals surface area contributed by atoms with Crippen LogP contribution in [0.2, 0.25) is 0 Å². The summed E-state index contributed by atoms with van der Waals surface area (Å²) in [5.41, 5.74) is 1.01. The molecular formula is C21H19BrN2O6. The van der Waals surface area contributed by atoms with Gasteiger partial charge in [0, 0.05) is 17.4 Å². The third-order valence-corrected chi connectivity index (χ3v) is 4.86. The smallest absolute Gasteiger partial charge is 0.303 e. The number of aliphatic carboxylic acids is 1. The average molecular weight is 475 g/mol. The molecule has 0 aliphatic carbocycles. The Morgan fingerprint density at radius 2 is 1.87 bits per heavy atom. The van der Waals surface area contributed by atoms with Gasteiger partial charge in [-0.2, -0.15) is 0 Å². The van der Waals surface area contributed by atoms with Crippen molar-refractivity contribution in [1.82, 2.24) is 10.6 Å². The number of benzene rings is 2. The minimum Gasteiger partial charge on any atom is -0.481 e. The second-order valence-corrected chi connectivity index (χ2v) is 7.21. The van der Waals surface area contributed by atoms with Crippen LogP contribution in [0.5, 0.6) is 11.5 Å². The Hall–Kier alpha value is -3.33. The summed E-state index contributed by atoms with van der Waals surface area (Å²) in [4.78, 5) is 36.0. The Balaban J connectivity index is 1.80. The lowest BCUT2D eigenvalue weighted by molar-refractivity contribution is -0.137. The van der Waals surface area contributed by atoms with Crippen molar-refractivity contribution in [2.24, 2.45) is 0 Å². The van der Waals surface area contributed by atoms with Crippen LogP contribution in [0.25, 0.3) is 6.08 Å². The first-order valence-electron chi connectivity index (χ1n) is 9.11. The van der Waals surface area contributed by atoms with E-state index in [1.165, 1.54) is 6.08 Å². The molecule has 3 N–H and O–H groups in total. The van der Waals surface area contributed by atoms with Gasteiger partial charge in [0.1, 0.15) is 5.70 Å². The summed E-state index contributed by atoms with van der Waals surface area (Å²) >= 11 is 3.32. The fourth-order valence-electron chi connectivity index (χ4n) is 2.70. The molecule has 1 aliphatic heterocycles. The topological polar surface area (TPSA) is 114 Å². The minimum absolute atomic E-state index is 0.0185. The second kappa shape index (κ2) is 9.93. The van der Waals surface area contributed by atoms with E-state index in [4.69, 9.17) is 14.6 Å². The normalized spacial score (nSPS) is 12.4. The molecule has 30 heavy (non-hydrogen) atoms. The van der Waals surface area contributed by atoms with E-state index in [0.29, 0.717) is 27.1 Å². The summed E-state index contributed by atoms with van der Waals surface area (Å²) in [6.07, 6.45) is 1.73. The molecular weight excluding hydrogens is 456 g/mol. The lowest BCUT2D eigenvalue weighted by Crippen LogP contribution is -2.35. The molecule has 0 aromatic heterocycles. The van der Waals surface area contributed by atoms with Gasteiger partial charge in [-0.25, -0.2) is 0 Å². The molecule has 2 amide bonds. The van der Waals surface area contributed by atoms with E-state index in [9.17, 15) is 14.4 Å². The highest BCUT2D eigenvalue weighted by atomic mass is 79.9. The van der Waals surface area contributed by atoms with Crippen LogP contribution >= 0.6 is 15.9 Å². The van der Waals surface area contributed by atoms with E-state index in [1.807, 2.05) is 0 Å². The van der Waals surface area contributed by atoms with E-state index >= 15 is 0 Å². The van der Waals surface area contributed by atoms with Gasteiger partial charge in [0.25, 0.3) is 11.8 Å². The highest BCUT2D eigenvalue weighted by Crippen LogP contribution is 2.33. The van der Waals surface area contributed by atoms with Crippen LogP contribution in [0.15, 0.2) is 52.6 Å². The number of ether oxygens (including phenoxy) is 2. The van der Waals surface area contributed by atoms with Crippen LogP contribution in [-0.2, 0) is 9.59 Å². The first-order chi connectivity index (χ1) is 14.4. The van der Waals surface area contributed by atoms with Crippen LogP contribution in [0.4, 0.5) is 0 Å². The van der Waals surface area contributed by atoms with Crippen LogP contribution < -0.4 is 20.1 Å². The number of carboxylic acid groups (broad SMARTS) is 1. The maximum Gasteiger partial charge on any atom is 0.303 e. The Bertz CT molecular complexity index is 1000. The standard InChI is InChI=1S/C21H19BrN2O6/c22-15-5-2-1-4-14(15)20(27)24-16(21(28)23-9-3-6-19(25)26)10-13-7-8-17-18(11-13)30-12-29-17/h1-2,4-5,7-8,10-11H,3,6,9,12H2,(H,23,28)(H,24,27)(H,25,26). The van der Waals surface area contributed by atoms with Gasteiger partial charge < -0.3 is 25.2 Å².